The molecule has 0 spiro atoms. The molecule has 0 atom stereocenters. The predicted octanol–water partition coefficient (Wildman–Crippen LogP) is 3.35. The van der Waals surface area contributed by atoms with Gasteiger partial charge >= 0.3 is 0 Å². The molecule has 0 bridgehead atoms. The molecule has 1 aromatic carbocycles. The van der Waals surface area contributed by atoms with Crippen molar-refractivity contribution in [3.05, 3.63) is 46.9 Å². The van der Waals surface area contributed by atoms with E-state index >= 15 is 0 Å². The largest absolute Gasteiger partial charge is 0.383 e. The summed E-state index contributed by atoms with van der Waals surface area (Å²) in [6, 6.07) is 9.11. The number of nitrogen functional groups attached to an aromatic ring is 1. The molecule has 2 aliphatic rings. The molecule has 7 heteroatoms. The van der Waals surface area contributed by atoms with Crippen LogP contribution in [0.3, 0.4) is 0 Å². The highest BCUT2D eigenvalue weighted by Crippen LogP contribution is 2.24. The molecule has 0 radical (unpaired) electrons. The number of nitrogens with zero attached hydrogens (tertiary/aromatic N) is 5. The maximum Gasteiger partial charge on any atom is 0.150 e. The summed E-state index contributed by atoms with van der Waals surface area (Å²) < 4.78 is 0. The molecule has 2 saturated heterocycles. The zero-order chi connectivity index (χ0) is 22.2. The molecule has 3 heterocycles. The second kappa shape index (κ2) is 11.3. The van der Waals surface area contributed by atoms with Crippen LogP contribution in [0.15, 0.2) is 30.6 Å². The Morgan fingerprint density at radius 1 is 0.935 bits per heavy atom. The lowest BCUT2D eigenvalue weighted by Crippen LogP contribution is -2.52. The van der Waals surface area contributed by atoms with Crippen molar-refractivity contribution in [2.75, 3.05) is 56.9 Å². The zero-order valence-corrected chi connectivity index (χ0v) is 19.6. The van der Waals surface area contributed by atoms with Gasteiger partial charge in [0.1, 0.15) is 22.9 Å². The predicted molar refractivity (Wildman–Crippen MR) is 130 cm³/mol. The lowest BCUT2D eigenvalue weighted by Gasteiger charge is -2.42. The number of piperazine rings is 1. The molecule has 1 aromatic heterocycles. The molecule has 0 amide bonds. The van der Waals surface area contributed by atoms with Crippen LogP contribution in [0.25, 0.3) is 0 Å². The number of anilines is 2. The van der Waals surface area contributed by atoms with Crippen molar-refractivity contribution in [1.82, 2.24) is 19.8 Å². The van der Waals surface area contributed by atoms with Gasteiger partial charge in [0.15, 0.2) is 0 Å². The summed E-state index contributed by atoms with van der Waals surface area (Å²) in [4.78, 5) is 15.4. The molecule has 4 rings (SSSR count). The van der Waals surface area contributed by atoms with E-state index in [9.17, 15) is 0 Å². The average molecular weight is 441 g/mol. The number of nitrogens with two attached hydrogens (primary N) is 1. The van der Waals surface area contributed by atoms with E-state index < -0.39 is 0 Å². The van der Waals surface area contributed by atoms with Crippen LogP contribution in [0.2, 0.25) is 5.15 Å². The lowest BCUT2D eigenvalue weighted by molar-refractivity contribution is 0.0982. The molecule has 0 saturated carbocycles. The Balaban J connectivity index is 0.00000132. The number of aromatic nitrogens is 2. The fourth-order valence-corrected chi connectivity index (χ4v) is 4.25. The summed E-state index contributed by atoms with van der Waals surface area (Å²) in [5.74, 6) is 6.39. The molecule has 6 nitrogen and oxygen atoms in total. The van der Waals surface area contributed by atoms with E-state index in [2.05, 4.69) is 55.7 Å². The van der Waals surface area contributed by atoms with Gasteiger partial charge in [0.25, 0.3) is 0 Å². The zero-order valence-electron chi connectivity index (χ0n) is 18.8. The van der Waals surface area contributed by atoms with Crippen LogP contribution >= 0.6 is 11.6 Å². The summed E-state index contributed by atoms with van der Waals surface area (Å²) >= 11 is 6.05. The van der Waals surface area contributed by atoms with Gasteiger partial charge in [0, 0.05) is 56.6 Å². The van der Waals surface area contributed by atoms with Crippen LogP contribution < -0.4 is 10.6 Å². The van der Waals surface area contributed by atoms with E-state index in [-0.39, 0.29) is 5.15 Å². The molecule has 2 N–H and O–H groups in total. The van der Waals surface area contributed by atoms with Crippen LogP contribution in [0.4, 0.5) is 11.5 Å². The number of halogens is 1. The van der Waals surface area contributed by atoms with Crippen molar-refractivity contribution in [1.29, 1.82) is 0 Å². The smallest absolute Gasteiger partial charge is 0.150 e. The summed E-state index contributed by atoms with van der Waals surface area (Å²) in [5, 5.41) is 0.282. The summed E-state index contributed by atoms with van der Waals surface area (Å²) in [7, 11) is 2.21. The second-order valence-electron chi connectivity index (χ2n) is 7.78. The fourth-order valence-electron chi connectivity index (χ4n) is 4.06. The highest BCUT2D eigenvalue weighted by molar-refractivity contribution is 6.30. The number of piperidine rings is 1. The van der Waals surface area contributed by atoms with Gasteiger partial charge in [-0.3, -0.25) is 4.90 Å². The molecular formula is C24H33ClN6. The number of hydrogen-bond donors (Lipinski definition) is 1. The molecule has 2 aromatic rings. The number of hydrogen-bond acceptors (Lipinski definition) is 6. The third kappa shape index (κ3) is 6.10. The molecule has 2 fully saturated rings. The van der Waals surface area contributed by atoms with E-state index in [0.717, 1.165) is 24.7 Å². The van der Waals surface area contributed by atoms with Crippen LogP contribution in [0.5, 0.6) is 0 Å². The quantitative estimate of drug-likeness (QED) is 0.570. The van der Waals surface area contributed by atoms with Gasteiger partial charge < -0.3 is 15.5 Å². The molecular weight excluding hydrogens is 408 g/mol. The van der Waals surface area contributed by atoms with Crippen molar-refractivity contribution in [3.63, 3.8) is 0 Å². The Kier molecular flexibility index (Phi) is 8.53. The van der Waals surface area contributed by atoms with Crippen LogP contribution in [-0.4, -0.2) is 72.1 Å². The maximum atomic E-state index is 6.05. The van der Waals surface area contributed by atoms with E-state index in [1.165, 1.54) is 51.0 Å². The highest BCUT2D eigenvalue weighted by atomic mass is 35.5. The van der Waals surface area contributed by atoms with Crippen molar-refractivity contribution in [3.8, 4) is 11.8 Å². The minimum atomic E-state index is 0.282. The molecule has 2 aliphatic heterocycles. The van der Waals surface area contributed by atoms with Gasteiger partial charge in [0.2, 0.25) is 0 Å². The summed E-state index contributed by atoms with van der Waals surface area (Å²) in [5.41, 5.74) is 8.48. The Morgan fingerprint density at radius 3 is 2.19 bits per heavy atom. The molecule has 0 aliphatic carbocycles. The Morgan fingerprint density at radius 2 is 1.58 bits per heavy atom. The minimum Gasteiger partial charge on any atom is -0.383 e. The average Bonchev–Trinajstić information content (AvgIpc) is 2.81. The third-order valence-electron chi connectivity index (χ3n) is 5.91. The maximum absolute atomic E-state index is 6.05. The summed E-state index contributed by atoms with van der Waals surface area (Å²) in [6.07, 6.45) is 3.80. The van der Waals surface area contributed by atoms with E-state index in [1.807, 2.05) is 26.0 Å². The van der Waals surface area contributed by atoms with Crippen molar-refractivity contribution < 1.29 is 0 Å². The van der Waals surface area contributed by atoms with E-state index in [1.54, 1.807) is 0 Å². The van der Waals surface area contributed by atoms with Crippen LogP contribution in [-0.2, 0) is 0 Å². The van der Waals surface area contributed by atoms with Gasteiger partial charge in [-0.2, -0.15) is 0 Å². The minimum absolute atomic E-state index is 0.282. The molecule has 166 valence electrons. The van der Waals surface area contributed by atoms with Gasteiger partial charge in [-0.05, 0) is 44.2 Å². The van der Waals surface area contributed by atoms with E-state index in [0.29, 0.717) is 11.4 Å². The number of benzene rings is 1. The van der Waals surface area contributed by atoms with Gasteiger partial charge in [-0.15, -0.1) is 0 Å². The molecule has 0 unspecified atom stereocenters. The highest BCUT2D eigenvalue weighted by Gasteiger charge is 2.26. The first kappa shape index (κ1) is 23.3. The monoisotopic (exact) mass is 440 g/mol. The number of rotatable bonds is 2. The van der Waals surface area contributed by atoms with Gasteiger partial charge in [-0.25, -0.2) is 9.97 Å². The Labute approximate surface area is 191 Å². The van der Waals surface area contributed by atoms with Crippen molar-refractivity contribution >= 4 is 23.1 Å². The second-order valence-corrected chi connectivity index (χ2v) is 8.14. The summed E-state index contributed by atoms with van der Waals surface area (Å²) in [6.45, 7) is 11.0. The molecule has 31 heavy (non-hydrogen) atoms. The van der Waals surface area contributed by atoms with Crippen LogP contribution in [0, 0.1) is 11.8 Å². The normalized spacial score (nSPS) is 18.0. The SMILES string of the molecule is CC.CN1CCN(C2CCN(c3ccc(C#Cc4c(N)ncnc4Cl)cc3)CC2)CC1. The number of likely N-dealkylation sites (N-methyl/N-ethyl adjacent to an activating group) is 1. The van der Waals surface area contributed by atoms with Gasteiger partial charge in [0.05, 0.1) is 0 Å². The first-order valence-electron chi connectivity index (χ1n) is 11.2. The first-order valence-corrected chi connectivity index (χ1v) is 11.5. The first-order chi connectivity index (χ1) is 15.1. The Bertz CT molecular complexity index is 868. The lowest BCUT2D eigenvalue weighted by atomic mass is 10.0. The topological polar surface area (TPSA) is 61.5 Å². The standard InChI is InChI=1S/C22H27ClN6.C2H6/c1-27-12-14-29(15-13-27)19-8-10-28(11-9-19)18-5-2-17(3-6-18)4-7-20-21(23)25-16-26-22(20)24;1-2/h2-3,5-6,16,19H,8-15H2,1H3,(H2,24,25,26);1-2H3. The van der Waals surface area contributed by atoms with E-state index in [4.69, 9.17) is 17.3 Å². The van der Waals surface area contributed by atoms with Crippen LogP contribution in [0.1, 0.15) is 37.8 Å². The van der Waals surface area contributed by atoms with Crippen molar-refractivity contribution in [2.24, 2.45) is 0 Å². The van der Waals surface area contributed by atoms with Gasteiger partial charge in [-0.1, -0.05) is 37.3 Å². The Hall–Kier alpha value is -2.33. The van der Waals surface area contributed by atoms with Crippen molar-refractivity contribution in [2.45, 2.75) is 32.7 Å². The third-order valence-corrected chi connectivity index (χ3v) is 6.20. The fraction of sp³-hybridized carbons (Fsp3) is 0.500.